The van der Waals surface area contributed by atoms with Crippen LogP contribution >= 0.6 is 0 Å². The normalized spacial score (nSPS) is 19.1. The van der Waals surface area contributed by atoms with Gasteiger partial charge in [-0.25, -0.2) is 8.42 Å². The lowest BCUT2D eigenvalue weighted by Gasteiger charge is -2.22. The molecule has 0 aliphatic carbocycles. The van der Waals surface area contributed by atoms with E-state index in [4.69, 9.17) is 4.74 Å². The van der Waals surface area contributed by atoms with Crippen LogP contribution in [0.15, 0.2) is 24.3 Å². The summed E-state index contributed by atoms with van der Waals surface area (Å²) in [5.74, 6) is 0.430. The SMILES string of the molecule is Cc1ccccc1OCC(=O)NCC1CCCN1S(C)(=O)=O. The lowest BCUT2D eigenvalue weighted by Crippen LogP contribution is -2.43. The third-order valence-electron chi connectivity index (χ3n) is 3.74. The van der Waals surface area contributed by atoms with Gasteiger partial charge in [0.25, 0.3) is 5.91 Å². The largest absolute Gasteiger partial charge is 0.484 e. The number of aryl methyl sites for hydroxylation is 1. The molecule has 0 radical (unpaired) electrons. The maximum Gasteiger partial charge on any atom is 0.257 e. The maximum atomic E-state index is 11.8. The first-order valence-corrected chi connectivity index (χ1v) is 9.14. The summed E-state index contributed by atoms with van der Waals surface area (Å²) in [6, 6.07) is 7.32. The summed E-state index contributed by atoms with van der Waals surface area (Å²) >= 11 is 0. The number of hydrogen-bond donors (Lipinski definition) is 1. The van der Waals surface area contributed by atoms with Gasteiger partial charge in [-0.3, -0.25) is 4.79 Å². The minimum atomic E-state index is -3.21. The highest BCUT2D eigenvalue weighted by atomic mass is 32.2. The first-order valence-electron chi connectivity index (χ1n) is 7.30. The number of nitrogens with one attached hydrogen (secondary N) is 1. The minimum Gasteiger partial charge on any atom is -0.484 e. The Labute approximate surface area is 131 Å². The van der Waals surface area contributed by atoms with Crippen molar-refractivity contribution >= 4 is 15.9 Å². The molecule has 1 unspecified atom stereocenters. The summed E-state index contributed by atoms with van der Waals surface area (Å²) in [6.07, 6.45) is 2.80. The van der Waals surface area contributed by atoms with E-state index in [9.17, 15) is 13.2 Å². The third-order valence-corrected chi connectivity index (χ3v) is 5.07. The monoisotopic (exact) mass is 326 g/mol. The molecule has 2 rings (SSSR count). The molecular weight excluding hydrogens is 304 g/mol. The summed E-state index contributed by atoms with van der Waals surface area (Å²) in [5.41, 5.74) is 0.967. The van der Waals surface area contributed by atoms with Crippen LogP contribution in [0.2, 0.25) is 0 Å². The van der Waals surface area contributed by atoms with E-state index in [-0.39, 0.29) is 18.6 Å². The molecule has 1 aromatic rings. The molecule has 1 N–H and O–H groups in total. The molecular formula is C15H22N2O4S. The van der Waals surface area contributed by atoms with Crippen LogP contribution in [0, 0.1) is 6.92 Å². The van der Waals surface area contributed by atoms with E-state index in [1.165, 1.54) is 10.6 Å². The topological polar surface area (TPSA) is 75.7 Å². The van der Waals surface area contributed by atoms with Crippen molar-refractivity contribution < 1.29 is 17.9 Å². The Morgan fingerprint density at radius 2 is 2.14 bits per heavy atom. The van der Waals surface area contributed by atoms with Gasteiger partial charge in [-0.15, -0.1) is 0 Å². The maximum absolute atomic E-state index is 11.8. The standard InChI is InChI=1S/C15H22N2O4S/c1-12-6-3-4-8-14(12)21-11-15(18)16-10-13-7-5-9-17(13)22(2,19)20/h3-4,6,8,13H,5,7,9-11H2,1-2H3,(H,16,18). The van der Waals surface area contributed by atoms with Gasteiger partial charge in [0.1, 0.15) is 5.75 Å². The van der Waals surface area contributed by atoms with E-state index in [2.05, 4.69) is 5.32 Å². The van der Waals surface area contributed by atoms with E-state index < -0.39 is 10.0 Å². The van der Waals surface area contributed by atoms with Crippen molar-refractivity contribution in [2.45, 2.75) is 25.8 Å². The van der Waals surface area contributed by atoms with Crippen LogP contribution in [0.5, 0.6) is 5.75 Å². The number of amides is 1. The number of sulfonamides is 1. The van der Waals surface area contributed by atoms with Crippen molar-refractivity contribution in [2.75, 3.05) is 26.0 Å². The van der Waals surface area contributed by atoms with Gasteiger partial charge in [0.2, 0.25) is 10.0 Å². The summed E-state index contributed by atoms with van der Waals surface area (Å²) in [4.78, 5) is 11.8. The van der Waals surface area contributed by atoms with Crippen molar-refractivity contribution in [3.8, 4) is 5.75 Å². The number of nitrogens with zero attached hydrogens (tertiary/aromatic N) is 1. The molecule has 0 spiro atoms. The van der Waals surface area contributed by atoms with Crippen LogP contribution in [-0.2, 0) is 14.8 Å². The zero-order chi connectivity index (χ0) is 16.2. The minimum absolute atomic E-state index is 0.0730. The lowest BCUT2D eigenvalue weighted by atomic mass is 10.2. The molecule has 1 atom stereocenters. The second-order valence-corrected chi connectivity index (χ2v) is 7.46. The van der Waals surface area contributed by atoms with Gasteiger partial charge in [0.05, 0.1) is 6.26 Å². The number of carbonyl (C=O) groups is 1. The predicted octanol–water partition coefficient (Wildman–Crippen LogP) is 0.914. The molecule has 6 nitrogen and oxygen atoms in total. The van der Waals surface area contributed by atoms with E-state index >= 15 is 0 Å². The first-order chi connectivity index (χ1) is 10.4. The lowest BCUT2D eigenvalue weighted by molar-refractivity contribution is -0.123. The van der Waals surface area contributed by atoms with Crippen molar-refractivity contribution in [1.29, 1.82) is 0 Å². The van der Waals surface area contributed by atoms with Crippen LogP contribution in [0.4, 0.5) is 0 Å². The fraction of sp³-hybridized carbons (Fsp3) is 0.533. The van der Waals surface area contributed by atoms with Crippen LogP contribution in [0.25, 0.3) is 0 Å². The highest BCUT2D eigenvalue weighted by molar-refractivity contribution is 7.88. The Kier molecular flexibility index (Phi) is 5.42. The molecule has 1 heterocycles. The van der Waals surface area contributed by atoms with Crippen molar-refractivity contribution in [3.05, 3.63) is 29.8 Å². The number of para-hydroxylation sites is 1. The Bertz CT molecular complexity index is 630. The fourth-order valence-electron chi connectivity index (χ4n) is 2.59. The van der Waals surface area contributed by atoms with Gasteiger partial charge >= 0.3 is 0 Å². The van der Waals surface area contributed by atoms with E-state index in [1.807, 2.05) is 31.2 Å². The van der Waals surface area contributed by atoms with Gasteiger partial charge in [-0.1, -0.05) is 18.2 Å². The van der Waals surface area contributed by atoms with Gasteiger partial charge in [-0.05, 0) is 31.4 Å². The Balaban J connectivity index is 1.80. The predicted molar refractivity (Wildman–Crippen MR) is 84.3 cm³/mol. The zero-order valence-corrected chi connectivity index (χ0v) is 13.7. The molecule has 22 heavy (non-hydrogen) atoms. The molecule has 0 aromatic heterocycles. The van der Waals surface area contributed by atoms with Crippen LogP contribution in [0.3, 0.4) is 0 Å². The molecule has 1 aliphatic rings. The average molecular weight is 326 g/mol. The molecule has 1 fully saturated rings. The van der Waals surface area contributed by atoms with Crippen LogP contribution < -0.4 is 10.1 Å². The van der Waals surface area contributed by atoms with Crippen molar-refractivity contribution in [2.24, 2.45) is 0 Å². The van der Waals surface area contributed by atoms with Crippen LogP contribution in [-0.4, -0.2) is 50.6 Å². The summed E-state index contributed by atoms with van der Waals surface area (Å²) in [5, 5.41) is 2.75. The van der Waals surface area contributed by atoms with E-state index in [1.54, 1.807) is 0 Å². The van der Waals surface area contributed by atoms with E-state index in [0.29, 0.717) is 18.8 Å². The Morgan fingerprint density at radius 3 is 2.82 bits per heavy atom. The van der Waals surface area contributed by atoms with E-state index in [0.717, 1.165) is 18.4 Å². The third kappa shape index (κ3) is 4.45. The first kappa shape index (κ1) is 16.8. The fourth-order valence-corrected chi connectivity index (χ4v) is 3.78. The number of hydrogen-bond acceptors (Lipinski definition) is 4. The Morgan fingerprint density at radius 1 is 1.41 bits per heavy atom. The second-order valence-electron chi connectivity index (χ2n) is 5.53. The second kappa shape index (κ2) is 7.11. The molecule has 1 aromatic carbocycles. The van der Waals surface area contributed by atoms with Gasteiger partial charge in [-0.2, -0.15) is 4.31 Å². The highest BCUT2D eigenvalue weighted by Crippen LogP contribution is 2.19. The summed E-state index contributed by atoms with van der Waals surface area (Å²) in [6.45, 7) is 2.69. The summed E-state index contributed by atoms with van der Waals surface area (Å²) < 4.78 is 30.2. The molecule has 1 amide bonds. The zero-order valence-electron chi connectivity index (χ0n) is 12.9. The quantitative estimate of drug-likeness (QED) is 0.843. The average Bonchev–Trinajstić information content (AvgIpc) is 2.93. The molecule has 0 saturated carbocycles. The molecule has 122 valence electrons. The van der Waals surface area contributed by atoms with Crippen molar-refractivity contribution in [3.63, 3.8) is 0 Å². The molecule has 1 aliphatic heterocycles. The smallest absolute Gasteiger partial charge is 0.257 e. The van der Waals surface area contributed by atoms with Crippen molar-refractivity contribution in [1.82, 2.24) is 9.62 Å². The number of rotatable bonds is 6. The number of ether oxygens (including phenoxy) is 1. The number of carbonyl (C=O) groups excluding carboxylic acids is 1. The van der Waals surface area contributed by atoms with Gasteiger partial charge in [0, 0.05) is 19.1 Å². The molecule has 7 heteroatoms. The number of benzene rings is 1. The molecule has 1 saturated heterocycles. The van der Waals surface area contributed by atoms with Gasteiger partial charge in [0.15, 0.2) is 6.61 Å². The van der Waals surface area contributed by atoms with Gasteiger partial charge < -0.3 is 10.1 Å². The summed E-state index contributed by atoms with van der Waals surface area (Å²) in [7, 11) is -3.21. The highest BCUT2D eigenvalue weighted by Gasteiger charge is 2.31. The molecule has 0 bridgehead atoms. The van der Waals surface area contributed by atoms with Crippen LogP contribution in [0.1, 0.15) is 18.4 Å². The Hall–Kier alpha value is -1.60.